The molecule has 0 radical (unpaired) electrons. The lowest BCUT2D eigenvalue weighted by atomic mass is 10.2. The van der Waals surface area contributed by atoms with Gasteiger partial charge in [-0.25, -0.2) is 4.57 Å². The third kappa shape index (κ3) is 5.54. The van der Waals surface area contributed by atoms with E-state index < -0.39 is 7.82 Å². The second kappa shape index (κ2) is 5.28. The fraction of sp³-hybridized carbons (Fsp3) is 0.333. The number of phosphoric ester groups is 1. The van der Waals surface area contributed by atoms with Gasteiger partial charge in [0, 0.05) is 0 Å². The lowest BCUT2D eigenvalue weighted by molar-refractivity contribution is 0.160. The van der Waals surface area contributed by atoms with Crippen LogP contribution in [0.4, 0.5) is 0 Å². The standard InChI is InChI=1S/C9H13O5P/c1-8-2-4-9(5-3-8)13-6-7-14-15(10,11)12/h2-5H,6-7H2,1H3,(H2,10,11,12). The minimum absolute atomic E-state index is 0.105. The highest BCUT2D eigenvalue weighted by molar-refractivity contribution is 7.46. The van der Waals surface area contributed by atoms with E-state index in [1.165, 1.54) is 0 Å². The molecule has 6 heteroatoms. The molecule has 1 aromatic carbocycles. The molecule has 5 nitrogen and oxygen atoms in total. The molecule has 0 aliphatic rings. The van der Waals surface area contributed by atoms with Crippen molar-refractivity contribution in [2.75, 3.05) is 13.2 Å². The molecular formula is C9H13O5P. The molecule has 0 heterocycles. The topological polar surface area (TPSA) is 76.0 Å². The Kier molecular flexibility index (Phi) is 4.29. The van der Waals surface area contributed by atoms with Crippen molar-refractivity contribution < 1.29 is 23.6 Å². The molecule has 0 amide bonds. The third-order valence-electron chi connectivity index (χ3n) is 1.63. The maximum atomic E-state index is 10.3. The molecule has 84 valence electrons. The molecule has 0 saturated heterocycles. The van der Waals surface area contributed by atoms with Crippen LogP contribution in [0.2, 0.25) is 0 Å². The van der Waals surface area contributed by atoms with E-state index in [-0.39, 0.29) is 13.2 Å². The first-order valence-electron chi connectivity index (χ1n) is 4.37. The van der Waals surface area contributed by atoms with E-state index in [9.17, 15) is 4.57 Å². The Morgan fingerprint density at radius 1 is 1.20 bits per heavy atom. The zero-order valence-electron chi connectivity index (χ0n) is 8.29. The lowest BCUT2D eigenvalue weighted by Crippen LogP contribution is -2.05. The number of ether oxygens (including phenoxy) is 1. The zero-order valence-corrected chi connectivity index (χ0v) is 9.18. The third-order valence-corrected chi connectivity index (χ3v) is 2.15. The summed E-state index contributed by atoms with van der Waals surface area (Å²) in [7, 11) is -4.37. The maximum Gasteiger partial charge on any atom is 0.469 e. The molecule has 15 heavy (non-hydrogen) atoms. The number of rotatable bonds is 5. The summed E-state index contributed by atoms with van der Waals surface area (Å²) in [6, 6.07) is 7.35. The van der Waals surface area contributed by atoms with Crippen LogP contribution in [0, 0.1) is 6.92 Å². The van der Waals surface area contributed by atoms with Crippen LogP contribution in [0.3, 0.4) is 0 Å². The van der Waals surface area contributed by atoms with Crippen LogP contribution in [-0.4, -0.2) is 23.0 Å². The molecule has 0 bridgehead atoms. The largest absolute Gasteiger partial charge is 0.491 e. The highest BCUT2D eigenvalue weighted by Gasteiger charge is 2.12. The Bertz CT molecular complexity index is 342. The Labute approximate surface area is 87.9 Å². The van der Waals surface area contributed by atoms with E-state index in [4.69, 9.17) is 14.5 Å². The van der Waals surface area contributed by atoms with Crippen molar-refractivity contribution in [2.24, 2.45) is 0 Å². The van der Waals surface area contributed by atoms with Crippen molar-refractivity contribution in [1.29, 1.82) is 0 Å². The average molecular weight is 232 g/mol. The van der Waals surface area contributed by atoms with E-state index >= 15 is 0 Å². The van der Waals surface area contributed by atoms with Crippen molar-refractivity contribution in [3.8, 4) is 5.75 Å². The summed E-state index contributed by atoms with van der Waals surface area (Å²) in [6.07, 6.45) is 0. The molecule has 0 aromatic heterocycles. The lowest BCUT2D eigenvalue weighted by Gasteiger charge is -2.07. The van der Waals surface area contributed by atoms with E-state index in [0.29, 0.717) is 5.75 Å². The summed E-state index contributed by atoms with van der Waals surface area (Å²) in [5, 5.41) is 0. The van der Waals surface area contributed by atoms with Gasteiger partial charge < -0.3 is 14.5 Å². The van der Waals surface area contributed by atoms with Crippen molar-refractivity contribution in [2.45, 2.75) is 6.92 Å². The molecule has 0 aliphatic carbocycles. The highest BCUT2D eigenvalue weighted by Crippen LogP contribution is 2.35. The molecule has 0 aliphatic heterocycles. The Morgan fingerprint density at radius 2 is 1.80 bits per heavy atom. The van der Waals surface area contributed by atoms with Gasteiger partial charge in [-0.1, -0.05) is 17.7 Å². The van der Waals surface area contributed by atoms with Crippen LogP contribution >= 0.6 is 7.82 Å². The van der Waals surface area contributed by atoms with E-state index in [1.807, 2.05) is 19.1 Å². The predicted octanol–water partition coefficient (Wildman–Crippen LogP) is 1.48. The number of phosphoric acid groups is 1. The van der Waals surface area contributed by atoms with E-state index in [1.54, 1.807) is 12.1 Å². The molecular weight excluding hydrogens is 219 g/mol. The first-order valence-corrected chi connectivity index (χ1v) is 5.90. The molecule has 0 spiro atoms. The van der Waals surface area contributed by atoms with Gasteiger partial charge in [-0.05, 0) is 19.1 Å². The monoisotopic (exact) mass is 232 g/mol. The summed E-state index contributed by atoms with van der Waals surface area (Å²) in [5.41, 5.74) is 1.12. The van der Waals surface area contributed by atoms with Gasteiger partial charge in [0.05, 0.1) is 6.61 Å². The molecule has 2 N–H and O–H groups in total. The van der Waals surface area contributed by atoms with Crippen molar-refractivity contribution >= 4 is 7.82 Å². The molecule has 1 rings (SSSR count). The number of aryl methyl sites for hydroxylation is 1. The summed E-state index contributed by atoms with van der Waals surface area (Å²) in [5.74, 6) is 0.648. The molecule has 1 aromatic rings. The van der Waals surface area contributed by atoms with Gasteiger partial charge in [0.25, 0.3) is 0 Å². The first kappa shape index (κ1) is 12.2. The van der Waals surface area contributed by atoms with Gasteiger partial charge in [0.1, 0.15) is 12.4 Å². The minimum atomic E-state index is -4.37. The van der Waals surface area contributed by atoms with E-state index in [0.717, 1.165) is 5.56 Å². The SMILES string of the molecule is Cc1ccc(OCCOP(=O)(O)O)cc1. The van der Waals surface area contributed by atoms with Gasteiger partial charge >= 0.3 is 7.82 Å². The van der Waals surface area contributed by atoms with Crippen LogP contribution in [-0.2, 0) is 9.09 Å². The van der Waals surface area contributed by atoms with Crippen LogP contribution in [0.5, 0.6) is 5.75 Å². The predicted molar refractivity (Wildman–Crippen MR) is 54.7 cm³/mol. The number of hydrogen-bond donors (Lipinski definition) is 2. The summed E-state index contributed by atoms with van der Waals surface area (Å²) in [6.45, 7) is 1.92. The Balaban J connectivity index is 2.26. The number of hydrogen-bond acceptors (Lipinski definition) is 3. The van der Waals surface area contributed by atoms with Crippen LogP contribution in [0.1, 0.15) is 5.56 Å². The summed E-state index contributed by atoms with van der Waals surface area (Å²) >= 11 is 0. The fourth-order valence-electron chi connectivity index (χ4n) is 0.950. The molecule has 0 saturated carbocycles. The smallest absolute Gasteiger partial charge is 0.469 e. The molecule has 0 unspecified atom stereocenters. The number of benzene rings is 1. The van der Waals surface area contributed by atoms with E-state index in [2.05, 4.69) is 4.52 Å². The second-order valence-electron chi connectivity index (χ2n) is 2.99. The molecule has 0 fully saturated rings. The quantitative estimate of drug-likeness (QED) is 0.594. The van der Waals surface area contributed by atoms with Crippen molar-refractivity contribution in [3.63, 3.8) is 0 Å². The van der Waals surface area contributed by atoms with Crippen molar-refractivity contribution in [1.82, 2.24) is 0 Å². The maximum absolute atomic E-state index is 10.3. The highest BCUT2D eigenvalue weighted by atomic mass is 31.2. The Morgan fingerprint density at radius 3 is 2.33 bits per heavy atom. The Hall–Kier alpha value is -0.870. The van der Waals surface area contributed by atoms with Gasteiger partial charge in [-0.15, -0.1) is 0 Å². The van der Waals surface area contributed by atoms with Gasteiger partial charge in [0.2, 0.25) is 0 Å². The van der Waals surface area contributed by atoms with Crippen LogP contribution < -0.4 is 4.74 Å². The average Bonchev–Trinajstić information content (AvgIpc) is 2.14. The van der Waals surface area contributed by atoms with Crippen molar-refractivity contribution in [3.05, 3.63) is 29.8 Å². The fourth-order valence-corrected chi connectivity index (χ4v) is 1.26. The first-order chi connectivity index (χ1) is 6.97. The second-order valence-corrected chi connectivity index (χ2v) is 4.22. The van der Waals surface area contributed by atoms with Gasteiger partial charge in [-0.3, -0.25) is 4.52 Å². The normalized spacial score (nSPS) is 11.4. The van der Waals surface area contributed by atoms with Crippen LogP contribution in [0.15, 0.2) is 24.3 Å². The van der Waals surface area contributed by atoms with Gasteiger partial charge in [-0.2, -0.15) is 0 Å². The summed E-state index contributed by atoms with van der Waals surface area (Å²) in [4.78, 5) is 16.8. The zero-order chi connectivity index (χ0) is 11.3. The van der Waals surface area contributed by atoms with Crippen LogP contribution in [0.25, 0.3) is 0 Å². The van der Waals surface area contributed by atoms with Gasteiger partial charge in [0.15, 0.2) is 0 Å². The molecule has 0 atom stereocenters. The minimum Gasteiger partial charge on any atom is -0.491 e. The summed E-state index contributed by atoms with van der Waals surface area (Å²) < 4.78 is 19.7.